The van der Waals surface area contributed by atoms with Gasteiger partial charge in [0.2, 0.25) is 5.82 Å². The molecule has 2 aromatic rings. The number of aromatic nitrogens is 5. The van der Waals surface area contributed by atoms with Crippen LogP contribution in [0.15, 0.2) is 6.20 Å². The SMILES string of the molecule is CC#Cc1n[nH]c(-c2cnn(CCOS(C)(=O)=O)c2N)n1. The predicted molar refractivity (Wildman–Crippen MR) is 75.4 cm³/mol. The van der Waals surface area contributed by atoms with Crippen LogP contribution in [0.4, 0.5) is 5.82 Å². The van der Waals surface area contributed by atoms with Crippen molar-refractivity contribution in [2.75, 3.05) is 18.6 Å². The fraction of sp³-hybridized carbons (Fsp3) is 0.364. The first-order chi connectivity index (χ1) is 9.90. The molecule has 9 nitrogen and oxygen atoms in total. The van der Waals surface area contributed by atoms with E-state index in [1.807, 2.05) is 0 Å². The van der Waals surface area contributed by atoms with Gasteiger partial charge >= 0.3 is 0 Å². The average Bonchev–Trinajstić information content (AvgIpc) is 2.97. The largest absolute Gasteiger partial charge is 0.383 e. The quantitative estimate of drug-likeness (QED) is 0.567. The molecule has 0 unspecified atom stereocenters. The highest BCUT2D eigenvalue weighted by molar-refractivity contribution is 7.85. The van der Waals surface area contributed by atoms with Crippen molar-refractivity contribution in [3.05, 3.63) is 12.0 Å². The Bertz CT molecular complexity index is 796. The number of hydrogen-bond acceptors (Lipinski definition) is 7. The van der Waals surface area contributed by atoms with Gasteiger partial charge in [0.25, 0.3) is 10.1 Å². The van der Waals surface area contributed by atoms with Crippen LogP contribution in [-0.4, -0.2) is 46.2 Å². The third kappa shape index (κ3) is 3.80. The molecule has 112 valence electrons. The molecule has 0 bridgehead atoms. The second-order valence-electron chi connectivity index (χ2n) is 4.08. The lowest BCUT2D eigenvalue weighted by Crippen LogP contribution is -2.13. The van der Waals surface area contributed by atoms with Crippen molar-refractivity contribution < 1.29 is 12.6 Å². The van der Waals surface area contributed by atoms with Crippen molar-refractivity contribution in [2.24, 2.45) is 0 Å². The minimum atomic E-state index is -3.48. The molecule has 3 N–H and O–H groups in total. The number of rotatable bonds is 5. The molecule has 0 aliphatic carbocycles. The predicted octanol–water partition coefficient (Wildman–Crippen LogP) is -0.402. The Balaban J connectivity index is 2.13. The molecule has 2 aromatic heterocycles. The molecule has 0 saturated heterocycles. The van der Waals surface area contributed by atoms with Crippen LogP contribution in [0.1, 0.15) is 12.7 Å². The van der Waals surface area contributed by atoms with Gasteiger partial charge in [-0.25, -0.2) is 4.68 Å². The Hall–Kier alpha value is -2.38. The Morgan fingerprint density at radius 3 is 2.95 bits per heavy atom. The molecule has 2 rings (SSSR count). The van der Waals surface area contributed by atoms with Gasteiger partial charge in [0.1, 0.15) is 5.82 Å². The highest BCUT2D eigenvalue weighted by Gasteiger charge is 2.13. The van der Waals surface area contributed by atoms with Crippen molar-refractivity contribution >= 4 is 15.9 Å². The van der Waals surface area contributed by atoms with Crippen molar-refractivity contribution in [3.8, 4) is 23.2 Å². The molecule has 0 aliphatic rings. The van der Waals surface area contributed by atoms with Gasteiger partial charge in [0.05, 0.1) is 31.2 Å². The third-order valence-electron chi connectivity index (χ3n) is 2.46. The number of hydrogen-bond donors (Lipinski definition) is 2. The van der Waals surface area contributed by atoms with Crippen LogP contribution in [0, 0.1) is 11.8 Å². The number of nitrogen functional groups attached to an aromatic ring is 1. The molecule has 0 aromatic carbocycles. The van der Waals surface area contributed by atoms with E-state index >= 15 is 0 Å². The van der Waals surface area contributed by atoms with Gasteiger partial charge in [0, 0.05) is 0 Å². The van der Waals surface area contributed by atoms with Crippen LogP contribution < -0.4 is 5.73 Å². The summed E-state index contributed by atoms with van der Waals surface area (Å²) in [5.41, 5.74) is 6.50. The summed E-state index contributed by atoms with van der Waals surface area (Å²) in [6.07, 6.45) is 2.50. The van der Waals surface area contributed by atoms with Gasteiger partial charge in [-0.3, -0.25) is 9.28 Å². The maximum absolute atomic E-state index is 10.9. The topological polar surface area (TPSA) is 129 Å². The molecule has 21 heavy (non-hydrogen) atoms. The summed E-state index contributed by atoms with van der Waals surface area (Å²) in [4.78, 5) is 4.16. The molecular weight excluding hydrogens is 296 g/mol. The van der Waals surface area contributed by atoms with Crippen LogP contribution in [0.25, 0.3) is 11.4 Å². The van der Waals surface area contributed by atoms with E-state index in [2.05, 4.69) is 36.3 Å². The highest BCUT2D eigenvalue weighted by Crippen LogP contribution is 2.21. The van der Waals surface area contributed by atoms with E-state index in [9.17, 15) is 8.42 Å². The lowest BCUT2D eigenvalue weighted by atomic mass is 10.3. The van der Waals surface area contributed by atoms with Crippen LogP contribution in [-0.2, 0) is 20.8 Å². The van der Waals surface area contributed by atoms with E-state index in [-0.39, 0.29) is 13.2 Å². The number of nitrogens with two attached hydrogens (primary N) is 1. The molecule has 2 heterocycles. The molecule has 0 aliphatic heterocycles. The van der Waals surface area contributed by atoms with E-state index in [1.54, 1.807) is 6.92 Å². The molecular formula is C11H14N6O3S. The fourth-order valence-electron chi connectivity index (χ4n) is 1.58. The Kier molecular flexibility index (Phi) is 4.25. The number of nitrogens with one attached hydrogen (secondary N) is 1. The molecule has 0 saturated carbocycles. The number of H-pyrrole nitrogens is 1. The third-order valence-corrected chi connectivity index (χ3v) is 3.05. The van der Waals surface area contributed by atoms with E-state index in [0.717, 1.165) is 6.26 Å². The Morgan fingerprint density at radius 2 is 2.29 bits per heavy atom. The summed E-state index contributed by atoms with van der Waals surface area (Å²) in [7, 11) is -3.48. The van der Waals surface area contributed by atoms with Gasteiger partial charge in [-0.1, -0.05) is 5.92 Å². The van der Waals surface area contributed by atoms with E-state index in [1.165, 1.54) is 10.9 Å². The van der Waals surface area contributed by atoms with Crippen LogP contribution in [0.5, 0.6) is 0 Å². The summed E-state index contributed by atoms with van der Waals surface area (Å²) >= 11 is 0. The van der Waals surface area contributed by atoms with E-state index in [4.69, 9.17) is 5.73 Å². The second kappa shape index (κ2) is 5.94. The van der Waals surface area contributed by atoms with E-state index < -0.39 is 10.1 Å². The fourth-order valence-corrected chi connectivity index (χ4v) is 1.96. The van der Waals surface area contributed by atoms with Gasteiger partial charge in [-0.2, -0.15) is 18.5 Å². The first-order valence-corrected chi connectivity index (χ1v) is 7.73. The van der Waals surface area contributed by atoms with Crippen molar-refractivity contribution in [1.82, 2.24) is 25.0 Å². The highest BCUT2D eigenvalue weighted by atomic mass is 32.2. The first-order valence-electron chi connectivity index (χ1n) is 5.92. The Morgan fingerprint density at radius 1 is 1.52 bits per heavy atom. The normalized spacial score (nSPS) is 11.1. The lowest BCUT2D eigenvalue weighted by molar-refractivity contribution is 0.298. The minimum Gasteiger partial charge on any atom is -0.383 e. The summed E-state index contributed by atoms with van der Waals surface area (Å²) < 4.78 is 27.8. The summed E-state index contributed by atoms with van der Waals surface area (Å²) in [6, 6.07) is 0. The summed E-state index contributed by atoms with van der Waals surface area (Å²) in [6.45, 7) is 1.84. The summed E-state index contributed by atoms with van der Waals surface area (Å²) in [5.74, 6) is 6.55. The van der Waals surface area contributed by atoms with Gasteiger partial charge in [-0.05, 0) is 12.8 Å². The van der Waals surface area contributed by atoms with Crippen molar-refractivity contribution in [3.63, 3.8) is 0 Å². The zero-order valence-corrected chi connectivity index (χ0v) is 12.3. The molecule has 0 atom stereocenters. The maximum Gasteiger partial charge on any atom is 0.264 e. The zero-order valence-electron chi connectivity index (χ0n) is 11.5. The van der Waals surface area contributed by atoms with Crippen molar-refractivity contribution in [1.29, 1.82) is 0 Å². The van der Waals surface area contributed by atoms with Crippen LogP contribution in [0.3, 0.4) is 0 Å². The lowest BCUT2D eigenvalue weighted by Gasteiger charge is -2.04. The average molecular weight is 310 g/mol. The Labute approximate surface area is 121 Å². The number of anilines is 1. The maximum atomic E-state index is 10.9. The number of aromatic amines is 1. The van der Waals surface area contributed by atoms with E-state index in [0.29, 0.717) is 23.0 Å². The monoisotopic (exact) mass is 310 g/mol. The van der Waals surface area contributed by atoms with Gasteiger partial charge in [-0.15, -0.1) is 5.10 Å². The molecule has 10 heteroatoms. The minimum absolute atomic E-state index is 0.0485. The smallest absolute Gasteiger partial charge is 0.264 e. The van der Waals surface area contributed by atoms with Crippen LogP contribution in [0.2, 0.25) is 0 Å². The van der Waals surface area contributed by atoms with Crippen LogP contribution >= 0.6 is 0 Å². The zero-order chi connectivity index (χ0) is 15.5. The van der Waals surface area contributed by atoms with Gasteiger partial charge in [0.15, 0.2) is 5.82 Å². The van der Waals surface area contributed by atoms with Crippen molar-refractivity contribution in [2.45, 2.75) is 13.5 Å². The summed E-state index contributed by atoms with van der Waals surface area (Å²) in [5, 5.41) is 10.7. The molecule has 0 fully saturated rings. The molecule has 0 radical (unpaired) electrons. The second-order valence-corrected chi connectivity index (χ2v) is 5.72. The standard InChI is InChI=1S/C11H14N6O3S/c1-3-4-9-14-11(16-15-9)8-7-13-17(10(8)12)5-6-20-21(2,18)19/h7H,5-6,12H2,1-2H3,(H,14,15,16). The first kappa shape index (κ1) is 15.0. The molecule has 0 amide bonds. The number of nitrogens with zero attached hydrogens (tertiary/aromatic N) is 4. The molecule has 0 spiro atoms. The van der Waals surface area contributed by atoms with Gasteiger partial charge < -0.3 is 5.73 Å².